The number of halogens is 1. The summed E-state index contributed by atoms with van der Waals surface area (Å²) in [5.74, 6) is -0.0309. The van der Waals surface area contributed by atoms with E-state index >= 15 is 0 Å². The molecule has 1 N–H and O–H groups in total. The van der Waals surface area contributed by atoms with Crippen molar-refractivity contribution < 1.29 is 9.59 Å². The van der Waals surface area contributed by atoms with E-state index in [4.69, 9.17) is 0 Å². The Hall–Kier alpha value is -2.11. The molecule has 0 spiro atoms. The number of aryl methyl sites for hydroxylation is 1. The van der Waals surface area contributed by atoms with Gasteiger partial charge in [0.05, 0.1) is 12.5 Å². The molecule has 1 fully saturated rings. The maximum atomic E-state index is 12.7. The van der Waals surface area contributed by atoms with Crippen molar-refractivity contribution in [1.29, 1.82) is 0 Å². The minimum Gasteiger partial charge on any atom is -0.340 e. The molecule has 0 radical (unpaired) electrons. The first-order valence-electron chi connectivity index (χ1n) is 9.21. The molecule has 0 aliphatic carbocycles. The molecular formula is C21H30ClN3O2. The zero-order valence-electron chi connectivity index (χ0n) is 15.8. The number of rotatable bonds is 10. The fraction of sp³-hybridized carbons (Fsp3) is 0.429. The third-order valence-electron chi connectivity index (χ3n) is 4.55. The molecule has 2 amide bonds. The van der Waals surface area contributed by atoms with Gasteiger partial charge in [-0.2, -0.15) is 0 Å². The number of amides is 2. The monoisotopic (exact) mass is 391 g/mol. The van der Waals surface area contributed by atoms with E-state index in [0.717, 1.165) is 25.9 Å². The molecule has 1 saturated heterocycles. The largest absolute Gasteiger partial charge is 0.340 e. The van der Waals surface area contributed by atoms with Crippen molar-refractivity contribution in [3.8, 4) is 0 Å². The predicted molar refractivity (Wildman–Crippen MR) is 112 cm³/mol. The van der Waals surface area contributed by atoms with Crippen LogP contribution in [0.1, 0.15) is 18.4 Å². The Labute approximate surface area is 168 Å². The van der Waals surface area contributed by atoms with Crippen molar-refractivity contribution in [2.75, 3.05) is 32.7 Å². The lowest BCUT2D eigenvalue weighted by molar-refractivity contribution is -0.140. The summed E-state index contributed by atoms with van der Waals surface area (Å²) in [5.41, 5.74) is 1.28. The highest BCUT2D eigenvalue weighted by molar-refractivity contribution is 5.89. The average molecular weight is 392 g/mol. The summed E-state index contributed by atoms with van der Waals surface area (Å²) in [7, 11) is 0. The van der Waals surface area contributed by atoms with E-state index in [1.165, 1.54) is 5.56 Å². The number of hydrogen-bond donors (Lipinski definition) is 1. The highest BCUT2D eigenvalue weighted by Crippen LogP contribution is 2.10. The molecule has 1 aromatic rings. The first-order valence-corrected chi connectivity index (χ1v) is 9.21. The van der Waals surface area contributed by atoms with Gasteiger partial charge in [0.25, 0.3) is 0 Å². The number of benzene rings is 1. The van der Waals surface area contributed by atoms with Crippen LogP contribution in [0.4, 0.5) is 0 Å². The molecule has 1 aromatic carbocycles. The van der Waals surface area contributed by atoms with Crippen LogP contribution < -0.4 is 5.32 Å². The smallest absolute Gasteiger partial charge is 0.240 e. The van der Waals surface area contributed by atoms with Crippen LogP contribution in [0.3, 0.4) is 0 Å². The van der Waals surface area contributed by atoms with Crippen LogP contribution in [0.2, 0.25) is 0 Å². The van der Waals surface area contributed by atoms with Gasteiger partial charge >= 0.3 is 0 Å². The van der Waals surface area contributed by atoms with Gasteiger partial charge in [0.15, 0.2) is 0 Å². The van der Waals surface area contributed by atoms with Gasteiger partial charge in [-0.25, -0.2) is 0 Å². The fourth-order valence-corrected chi connectivity index (χ4v) is 3.19. The quantitative estimate of drug-likeness (QED) is 0.623. The van der Waals surface area contributed by atoms with E-state index in [9.17, 15) is 9.59 Å². The summed E-state index contributed by atoms with van der Waals surface area (Å²) >= 11 is 0. The molecule has 148 valence electrons. The van der Waals surface area contributed by atoms with Crippen molar-refractivity contribution in [3.05, 3.63) is 61.2 Å². The highest BCUT2D eigenvalue weighted by Gasteiger charge is 2.30. The van der Waals surface area contributed by atoms with E-state index in [1.54, 1.807) is 17.1 Å². The molecule has 27 heavy (non-hydrogen) atoms. The van der Waals surface area contributed by atoms with Crippen LogP contribution in [0, 0.1) is 0 Å². The van der Waals surface area contributed by atoms with Crippen LogP contribution in [0.15, 0.2) is 55.6 Å². The molecule has 5 nitrogen and oxygen atoms in total. The van der Waals surface area contributed by atoms with E-state index in [1.807, 2.05) is 23.1 Å². The van der Waals surface area contributed by atoms with E-state index < -0.39 is 6.04 Å². The second-order valence-corrected chi connectivity index (χ2v) is 6.50. The molecule has 0 bridgehead atoms. The van der Waals surface area contributed by atoms with Crippen molar-refractivity contribution in [2.24, 2.45) is 0 Å². The van der Waals surface area contributed by atoms with Gasteiger partial charge in [0.1, 0.15) is 0 Å². The number of nitrogens with zero attached hydrogens (tertiary/aromatic N) is 2. The normalized spacial score (nSPS) is 16.4. The molecule has 6 heteroatoms. The lowest BCUT2D eigenvalue weighted by Crippen LogP contribution is -2.56. The van der Waals surface area contributed by atoms with Gasteiger partial charge in [-0.05, 0) is 18.4 Å². The highest BCUT2D eigenvalue weighted by atomic mass is 35.5. The topological polar surface area (TPSA) is 52.7 Å². The first-order chi connectivity index (χ1) is 12.7. The summed E-state index contributed by atoms with van der Waals surface area (Å²) in [6.45, 7) is 10.4. The molecule has 0 aromatic heterocycles. The van der Waals surface area contributed by atoms with Crippen molar-refractivity contribution in [1.82, 2.24) is 15.1 Å². The Balaban J connectivity index is 0.00000364. The standard InChI is InChI=1S/C21H29N3O2.ClH/c1-3-13-23(14-4-2)20(25)17-19-21(26)24(16-12-22-19)15-8-11-18-9-6-5-7-10-18;/h3-7,9-10,19,22H,1-2,8,11-17H2;1H. The van der Waals surface area contributed by atoms with Crippen LogP contribution in [-0.2, 0) is 16.0 Å². The van der Waals surface area contributed by atoms with Crippen LogP contribution in [0.25, 0.3) is 0 Å². The number of nitrogens with one attached hydrogen (secondary N) is 1. The molecule has 0 saturated carbocycles. The Morgan fingerprint density at radius 2 is 1.89 bits per heavy atom. The average Bonchev–Trinajstić information content (AvgIpc) is 2.65. The van der Waals surface area contributed by atoms with E-state index in [2.05, 4.69) is 30.6 Å². The Bertz CT molecular complexity index is 611. The molecular weight excluding hydrogens is 362 g/mol. The molecule has 2 rings (SSSR count). The molecule has 1 aliphatic heterocycles. The predicted octanol–water partition coefficient (Wildman–Crippen LogP) is 2.43. The number of hydrogen-bond acceptors (Lipinski definition) is 3. The third-order valence-corrected chi connectivity index (χ3v) is 4.55. The van der Waals surface area contributed by atoms with Crippen LogP contribution in [0.5, 0.6) is 0 Å². The maximum absolute atomic E-state index is 12.7. The molecule has 1 aliphatic rings. The number of piperazine rings is 1. The Kier molecular flexibility index (Phi) is 10.5. The van der Waals surface area contributed by atoms with Crippen molar-refractivity contribution in [2.45, 2.75) is 25.3 Å². The van der Waals surface area contributed by atoms with Crippen LogP contribution >= 0.6 is 12.4 Å². The van der Waals surface area contributed by atoms with E-state index in [0.29, 0.717) is 19.6 Å². The van der Waals surface area contributed by atoms with Gasteiger partial charge in [0, 0.05) is 32.7 Å². The zero-order chi connectivity index (χ0) is 18.8. The summed E-state index contributed by atoms with van der Waals surface area (Å²) in [4.78, 5) is 28.7. The zero-order valence-corrected chi connectivity index (χ0v) is 16.6. The fourth-order valence-electron chi connectivity index (χ4n) is 3.19. The Morgan fingerprint density at radius 3 is 2.52 bits per heavy atom. The lowest BCUT2D eigenvalue weighted by atomic mass is 10.1. The minimum atomic E-state index is -0.440. The maximum Gasteiger partial charge on any atom is 0.240 e. The first kappa shape index (κ1) is 22.9. The van der Waals surface area contributed by atoms with Gasteiger partial charge in [-0.15, -0.1) is 25.6 Å². The van der Waals surface area contributed by atoms with Gasteiger partial charge in [-0.1, -0.05) is 42.5 Å². The number of carbonyl (C=O) groups excluding carboxylic acids is 2. The van der Waals surface area contributed by atoms with Crippen molar-refractivity contribution in [3.63, 3.8) is 0 Å². The van der Waals surface area contributed by atoms with Gasteiger partial charge in [0.2, 0.25) is 11.8 Å². The van der Waals surface area contributed by atoms with Crippen LogP contribution in [-0.4, -0.2) is 60.4 Å². The summed E-state index contributed by atoms with van der Waals surface area (Å²) < 4.78 is 0. The second kappa shape index (κ2) is 12.3. The SMILES string of the molecule is C=CCN(CC=C)C(=O)CC1NCCN(CCCc2ccccc2)C1=O.Cl. The Morgan fingerprint density at radius 1 is 1.22 bits per heavy atom. The molecule has 1 unspecified atom stereocenters. The lowest BCUT2D eigenvalue weighted by Gasteiger charge is -2.34. The third kappa shape index (κ3) is 7.19. The van der Waals surface area contributed by atoms with Gasteiger partial charge < -0.3 is 15.1 Å². The molecule has 1 atom stereocenters. The summed E-state index contributed by atoms with van der Waals surface area (Å²) in [5, 5.41) is 3.19. The molecule has 1 heterocycles. The summed E-state index contributed by atoms with van der Waals surface area (Å²) in [6.07, 6.45) is 5.43. The van der Waals surface area contributed by atoms with Crippen molar-refractivity contribution >= 4 is 24.2 Å². The van der Waals surface area contributed by atoms with Gasteiger partial charge in [-0.3, -0.25) is 9.59 Å². The van der Waals surface area contributed by atoms with E-state index in [-0.39, 0.29) is 30.6 Å². The minimum absolute atomic E-state index is 0. The number of carbonyl (C=O) groups is 2. The summed E-state index contributed by atoms with van der Waals surface area (Å²) in [6, 6.07) is 9.85. The second-order valence-electron chi connectivity index (χ2n) is 6.50.